The summed E-state index contributed by atoms with van der Waals surface area (Å²) >= 11 is 0. The molecule has 4 heteroatoms. The second-order valence-electron chi connectivity index (χ2n) is 4.28. The van der Waals surface area contributed by atoms with Crippen LogP contribution in [0.25, 0.3) is 0 Å². The van der Waals surface area contributed by atoms with Gasteiger partial charge >= 0.3 is 0 Å². The van der Waals surface area contributed by atoms with Crippen LogP contribution in [-0.2, 0) is 9.84 Å². The minimum Gasteiger partial charge on any atom is -0.323 e. The highest BCUT2D eigenvalue weighted by molar-refractivity contribution is 7.92. The van der Waals surface area contributed by atoms with Gasteiger partial charge in [-0.3, -0.25) is 0 Å². The number of aryl methyl sites for hydroxylation is 1. The predicted octanol–water partition coefficient (Wildman–Crippen LogP) is 2.21. The summed E-state index contributed by atoms with van der Waals surface area (Å²) in [6.45, 7) is 5.50. The molecule has 0 aliphatic rings. The Morgan fingerprint density at radius 1 is 1.24 bits per heavy atom. The number of benzene rings is 1. The Bertz CT molecular complexity index is 468. The zero-order valence-electron chi connectivity index (χ0n) is 10.7. The van der Waals surface area contributed by atoms with Crippen LogP contribution in [0.1, 0.15) is 37.4 Å². The average molecular weight is 255 g/mol. The first-order chi connectivity index (χ1) is 7.94. The highest BCUT2D eigenvalue weighted by Gasteiger charge is 2.29. The fraction of sp³-hybridized carbons (Fsp3) is 0.538. The van der Waals surface area contributed by atoms with Gasteiger partial charge in [0.2, 0.25) is 0 Å². The van der Waals surface area contributed by atoms with Gasteiger partial charge in [0.15, 0.2) is 9.84 Å². The van der Waals surface area contributed by atoms with E-state index in [1.165, 1.54) is 0 Å². The van der Waals surface area contributed by atoms with Gasteiger partial charge in [-0.25, -0.2) is 8.42 Å². The van der Waals surface area contributed by atoms with Crippen molar-refractivity contribution in [2.45, 2.75) is 38.5 Å². The molecule has 0 bridgehead atoms. The Kier molecular flexibility index (Phi) is 4.71. The van der Waals surface area contributed by atoms with Crippen LogP contribution >= 0.6 is 0 Å². The molecule has 96 valence electrons. The van der Waals surface area contributed by atoms with Gasteiger partial charge in [-0.05, 0) is 24.5 Å². The van der Waals surface area contributed by atoms with Crippen molar-refractivity contribution in [1.82, 2.24) is 0 Å². The summed E-state index contributed by atoms with van der Waals surface area (Å²) in [6.07, 6.45) is 0.547. The van der Waals surface area contributed by atoms with E-state index >= 15 is 0 Å². The van der Waals surface area contributed by atoms with Crippen molar-refractivity contribution in [1.29, 1.82) is 0 Å². The average Bonchev–Trinajstić information content (AvgIpc) is 2.30. The minimum atomic E-state index is -3.10. The van der Waals surface area contributed by atoms with Gasteiger partial charge in [0.05, 0.1) is 5.25 Å². The predicted molar refractivity (Wildman–Crippen MR) is 71.6 cm³/mol. The SMILES string of the molecule is CC[C@H]([C@@H](N)c1ccccc1C)S(=O)(=O)CC. The third kappa shape index (κ3) is 3.07. The van der Waals surface area contributed by atoms with Gasteiger partial charge in [-0.1, -0.05) is 38.1 Å². The molecule has 1 rings (SSSR count). The smallest absolute Gasteiger partial charge is 0.154 e. The lowest BCUT2D eigenvalue weighted by Gasteiger charge is -2.23. The summed E-state index contributed by atoms with van der Waals surface area (Å²) in [4.78, 5) is 0. The molecule has 0 aromatic heterocycles. The van der Waals surface area contributed by atoms with Crippen LogP contribution in [0, 0.1) is 6.92 Å². The molecule has 0 saturated carbocycles. The summed E-state index contributed by atoms with van der Waals surface area (Å²) < 4.78 is 24.0. The van der Waals surface area contributed by atoms with Crippen molar-refractivity contribution < 1.29 is 8.42 Å². The van der Waals surface area contributed by atoms with Crippen LogP contribution in [0.4, 0.5) is 0 Å². The summed E-state index contributed by atoms with van der Waals surface area (Å²) in [5.74, 6) is 0.144. The molecule has 1 aromatic rings. The summed E-state index contributed by atoms with van der Waals surface area (Å²) in [6, 6.07) is 7.26. The Hall–Kier alpha value is -0.870. The fourth-order valence-electron chi connectivity index (χ4n) is 2.11. The van der Waals surface area contributed by atoms with Gasteiger partial charge in [0, 0.05) is 11.8 Å². The maximum atomic E-state index is 12.0. The zero-order chi connectivity index (χ0) is 13.1. The monoisotopic (exact) mass is 255 g/mol. The molecule has 17 heavy (non-hydrogen) atoms. The lowest BCUT2D eigenvalue weighted by molar-refractivity contribution is 0.548. The number of nitrogens with two attached hydrogens (primary N) is 1. The Morgan fingerprint density at radius 3 is 2.29 bits per heavy atom. The van der Waals surface area contributed by atoms with Crippen LogP contribution in [0.5, 0.6) is 0 Å². The number of rotatable bonds is 5. The van der Waals surface area contributed by atoms with E-state index in [0.717, 1.165) is 11.1 Å². The van der Waals surface area contributed by atoms with Gasteiger partial charge in [-0.2, -0.15) is 0 Å². The van der Waals surface area contributed by atoms with Crippen molar-refractivity contribution in [2.24, 2.45) is 5.73 Å². The molecule has 2 N–H and O–H groups in total. The van der Waals surface area contributed by atoms with E-state index in [9.17, 15) is 8.42 Å². The first-order valence-electron chi connectivity index (χ1n) is 5.96. The molecule has 0 spiro atoms. The van der Waals surface area contributed by atoms with E-state index in [1.807, 2.05) is 38.1 Å². The normalized spacial score (nSPS) is 15.5. The Morgan fingerprint density at radius 2 is 1.82 bits per heavy atom. The summed E-state index contributed by atoms with van der Waals surface area (Å²) in [5, 5.41) is -0.492. The molecule has 0 fully saturated rings. The van der Waals surface area contributed by atoms with E-state index in [4.69, 9.17) is 5.73 Å². The second kappa shape index (κ2) is 5.65. The van der Waals surface area contributed by atoms with E-state index in [2.05, 4.69) is 0 Å². The van der Waals surface area contributed by atoms with E-state index < -0.39 is 21.1 Å². The molecule has 3 nitrogen and oxygen atoms in total. The van der Waals surface area contributed by atoms with Gasteiger partial charge in [0.25, 0.3) is 0 Å². The fourth-order valence-corrected chi connectivity index (χ4v) is 3.64. The van der Waals surface area contributed by atoms with E-state index in [1.54, 1.807) is 6.92 Å². The van der Waals surface area contributed by atoms with Crippen LogP contribution in [-0.4, -0.2) is 19.4 Å². The molecule has 0 unspecified atom stereocenters. The van der Waals surface area contributed by atoms with Crippen molar-refractivity contribution in [3.05, 3.63) is 35.4 Å². The van der Waals surface area contributed by atoms with Crippen molar-refractivity contribution in [2.75, 3.05) is 5.75 Å². The van der Waals surface area contributed by atoms with Crippen LogP contribution in [0.15, 0.2) is 24.3 Å². The number of hydrogen-bond donors (Lipinski definition) is 1. The number of hydrogen-bond acceptors (Lipinski definition) is 3. The Balaban J connectivity index is 3.11. The van der Waals surface area contributed by atoms with Crippen molar-refractivity contribution in [3.63, 3.8) is 0 Å². The summed E-state index contributed by atoms with van der Waals surface area (Å²) in [5.41, 5.74) is 8.11. The number of sulfone groups is 1. The van der Waals surface area contributed by atoms with Crippen LogP contribution in [0.3, 0.4) is 0 Å². The molecule has 0 amide bonds. The lowest BCUT2D eigenvalue weighted by atomic mass is 9.98. The molecule has 0 aliphatic carbocycles. The van der Waals surface area contributed by atoms with Crippen molar-refractivity contribution >= 4 is 9.84 Å². The molecular formula is C13H21NO2S. The molecular weight excluding hydrogens is 234 g/mol. The third-order valence-electron chi connectivity index (χ3n) is 3.21. The molecule has 0 saturated heterocycles. The zero-order valence-corrected chi connectivity index (χ0v) is 11.5. The topological polar surface area (TPSA) is 60.2 Å². The molecule has 1 aromatic carbocycles. The maximum Gasteiger partial charge on any atom is 0.154 e. The molecule has 2 atom stereocenters. The highest BCUT2D eigenvalue weighted by atomic mass is 32.2. The summed E-state index contributed by atoms with van der Waals surface area (Å²) in [7, 11) is -3.10. The standard InChI is InChI=1S/C13H21NO2S/c1-4-12(17(15,16)5-2)13(14)11-9-7-6-8-10(11)3/h6-9,12-13H,4-5,14H2,1-3H3/t12-,13+/m1/s1. The molecule has 0 heterocycles. The lowest BCUT2D eigenvalue weighted by Crippen LogP contribution is -2.34. The molecule has 0 aliphatic heterocycles. The van der Waals surface area contributed by atoms with Gasteiger partial charge in [0.1, 0.15) is 0 Å². The minimum absolute atomic E-state index is 0.144. The molecule has 0 radical (unpaired) electrons. The second-order valence-corrected chi connectivity index (χ2v) is 6.79. The third-order valence-corrected chi connectivity index (χ3v) is 5.57. The van der Waals surface area contributed by atoms with E-state index in [0.29, 0.717) is 6.42 Å². The van der Waals surface area contributed by atoms with Gasteiger partial charge < -0.3 is 5.73 Å². The maximum absolute atomic E-state index is 12.0. The Labute approximate surface area is 104 Å². The van der Waals surface area contributed by atoms with Gasteiger partial charge in [-0.15, -0.1) is 0 Å². The van der Waals surface area contributed by atoms with Crippen LogP contribution in [0.2, 0.25) is 0 Å². The largest absolute Gasteiger partial charge is 0.323 e. The van der Waals surface area contributed by atoms with Crippen molar-refractivity contribution in [3.8, 4) is 0 Å². The highest BCUT2D eigenvalue weighted by Crippen LogP contribution is 2.25. The first-order valence-corrected chi connectivity index (χ1v) is 7.68. The van der Waals surface area contributed by atoms with E-state index in [-0.39, 0.29) is 5.75 Å². The van der Waals surface area contributed by atoms with Crippen LogP contribution < -0.4 is 5.73 Å². The quantitative estimate of drug-likeness (QED) is 0.877. The first kappa shape index (κ1) is 14.2.